The van der Waals surface area contributed by atoms with Gasteiger partial charge in [-0.25, -0.2) is 0 Å². The van der Waals surface area contributed by atoms with E-state index < -0.39 is 0 Å². The fourth-order valence-corrected chi connectivity index (χ4v) is 3.00. The normalized spacial score (nSPS) is 20.4. The van der Waals surface area contributed by atoms with Crippen molar-refractivity contribution in [2.24, 2.45) is 0 Å². The molecule has 0 aromatic heterocycles. The number of nitrogens with zero attached hydrogens (tertiary/aromatic N) is 1. The summed E-state index contributed by atoms with van der Waals surface area (Å²) in [7, 11) is 0. The Hall–Kier alpha value is -0.290. The fourth-order valence-electron chi connectivity index (χ4n) is 2.09. The van der Waals surface area contributed by atoms with Gasteiger partial charge in [-0.2, -0.15) is 0 Å². The van der Waals surface area contributed by atoms with Gasteiger partial charge in [0.05, 0.1) is 10.9 Å². The van der Waals surface area contributed by atoms with Gasteiger partial charge in [-0.15, -0.1) is 11.6 Å². The van der Waals surface area contributed by atoms with Crippen molar-refractivity contribution in [2.45, 2.75) is 25.1 Å². The Kier molecular flexibility index (Phi) is 4.31. The van der Waals surface area contributed by atoms with Crippen molar-refractivity contribution in [1.29, 1.82) is 0 Å². The molecule has 0 radical (unpaired) electrons. The quantitative estimate of drug-likeness (QED) is 0.553. The molecule has 0 bridgehead atoms. The molecule has 92 valence electrons. The zero-order valence-corrected chi connectivity index (χ0v) is 12.7. The number of carbonyl (C=O) groups excluding carboxylic acids is 1. The van der Waals surface area contributed by atoms with Crippen molar-refractivity contribution >= 4 is 40.1 Å². The average Bonchev–Trinajstić information content (AvgIpc) is 2.32. The zero-order valence-electron chi connectivity index (χ0n) is 9.75. The number of piperidine rings is 1. The molecular formula is C13H15ClINO. The van der Waals surface area contributed by atoms with E-state index in [1.54, 1.807) is 0 Å². The maximum absolute atomic E-state index is 12.4. The SMILES string of the molecule is Cc1cccc(C(=O)N2CCCC(Cl)C2)c1I. The van der Waals surface area contributed by atoms with E-state index in [0.29, 0.717) is 6.54 Å². The third kappa shape index (κ3) is 2.94. The van der Waals surface area contributed by atoms with E-state index >= 15 is 0 Å². The van der Waals surface area contributed by atoms with E-state index in [9.17, 15) is 4.79 Å². The van der Waals surface area contributed by atoms with Crippen LogP contribution in [0.25, 0.3) is 0 Å². The van der Waals surface area contributed by atoms with Gasteiger partial charge >= 0.3 is 0 Å². The highest BCUT2D eigenvalue weighted by Crippen LogP contribution is 2.21. The first kappa shape index (κ1) is 13.1. The molecule has 1 fully saturated rings. The molecule has 2 nitrogen and oxygen atoms in total. The van der Waals surface area contributed by atoms with Crippen molar-refractivity contribution in [3.63, 3.8) is 0 Å². The Bertz CT molecular complexity index is 435. The van der Waals surface area contributed by atoms with Crippen molar-refractivity contribution in [3.8, 4) is 0 Å². The minimum absolute atomic E-state index is 0.107. The number of aryl methyl sites for hydroxylation is 1. The summed E-state index contributed by atoms with van der Waals surface area (Å²) >= 11 is 8.36. The number of benzene rings is 1. The summed E-state index contributed by atoms with van der Waals surface area (Å²) < 4.78 is 1.05. The first-order valence-corrected chi connectivity index (χ1v) is 7.29. The maximum atomic E-state index is 12.4. The summed E-state index contributed by atoms with van der Waals surface area (Å²) in [6, 6.07) is 5.86. The lowest BCUT2D eigenvalue weighted by atomic mass is 10.1. The summed E-state index contributed by atoms with van der Waals surface area (Å²) in [5.74, 6) is 0.114. The van der Waals surface area contributed by atoms with Gasteiger partial charge in [0, 0.05) is 16.7 Å². The molecule has 1 atom stereocenters. The lowest BCUT2D eigenvalue weighted by Crippen LogP contribution is -2.40. The van der Waals surface area contributed by atoms with Crippen molar-refractivity contribution < 1.29 is 4.79 Å². The molecule has 1 heterocycles. The summed E-state index contributed by atoms with van der Waals surface area (Å²) in [5.41, 5.74) is 1.95. The average molecular weight is 364 g/mol. The van der Waals surface area contributed by atoms with Crippen LogP contribution in [-0.4, -0.2) is 29.3 Å². The van der Waals surface area contributed by atoms with E-state index in [0.717, 1.165) is 34.1 Å². The molecule has 0 saturated carbocycles. The van der Waals surface area contributed by atoms with Crippen LogP contribution < -0.4 is 0 Å². The largest absolute Gasteiger partial charge is 0.337 e. The molecule has 1 aromatic rings. The first-order chi connectivity index (χ1) is 8.09. The number of hydrogen-bond acceptors (Lipinski definition) is 1. The second-order valence-electron chi connectivity index (χ2n) is 4.43. The van der Waals surface area contributed by atoms with Gasteiger partial charge in [0.15, 0.2) is 0 Å². The molecule has 4 heteroatoms. The molecule has 1 saturated heterocycles. The Morgan fingerprint density at radius 2 is 2.29 bits per heavy atom. The van der Waals surface area contributed by atoms with Crippen LogP contribution in [-0.2, 0) is 0 Å². The lowest BCUT2D eigenvalue weighted by Gasteiger charge is -2.30. The molecule has 0 aliphatic carbocycles. The summed E-state index contributed by atoms with van der Waals surface area (Å²) in [6.07, 6.45) is 2.01. The molecule has 0 spiro atoms. The Morgan fingerprint density at radius 3 is 3.00 bits per heavy atom. The molecule has 1 unspecified atom stereocenters. The molecule has 1 aliphatic rings. The minimum atomic E-state index is 0.107. The van der Waals surface area contributed by atoms with Gasteiger partial charge in [-0.3, -0.25) is 4.79 Å². The highest BCUT2D eigenvalue weighted by molar-refractivity contribution is 14.1. The van der Waals surface area contributed by atoms with Crippen LogP contribution in [0.15, 0.2) is 18.2 Å². The maximum Gasteiger partial charge on any atom is 0.254 e. The van der Waals surface area contributed by atoms with E-state index in [1.165, 1.54) is 0 Å². The van der Waals surface area contributed by atoms with Gasteiger partial charge in [0.1, 0.15) is 0 Å². The highest BCUT2D eigenvalue weighted by Gasteiger charge is 2.24. The van der Waals surface area contributed by atoms with E-state index in [-0.39, 0.29) is 11.3 Å². The van der Waals surface area contributed by atoms with E-state index in [4.69, 9.17) is 11.6 Å². The number of hydrogen-bond donors (Lipinski definition) is 0. The second-order valence-corrected chi connectivity index (χ2v) is 6.12. The van der Waals surface area contributed by atoms with Crippen LogP contribution in [0.5, 0.6) is 0 Å². The second kappa shape index (κ2) is 5.57. The van der Waals surface area contributed by atoms with Crippen molar-refractivity contribution in [3.05, 3.63) is 32.9 Å². The smallest absolute Gasteiger partial charge is 0.254 e. The number of rotatable bonds is 1. The Balaban J connectivity index is 2.22. The summed E-state index contributed by atoms with van der Waals surface area (Å²) in [4.78, 5) is 14.3. The van der Waals surface area contributed by atoms with Gasteiger partial charge in [0.2, 0.25) is 0 Å². The van der Waals surface area contributed by atoms with Gasteiger partial charge in [-0.05, 0) is 54.0 Å². The van der Waals surface area contributed by atoms with Crippen LogP contribution in [0.4, 0.5) is 0 Å². The molecule has 17 heavy (non-hydrogen) atoms. The van der Waals surface area contributed by atoms with Crippen LogP contribution in [0.1, 0.15) is 28.8 Å². The molecule has 1 aliphatic heterocycles. The van der Waals surface area contributed by atoms with Gasteiger partial charge < -0.3 is 4.90 Å². The van der Waals surface area contributed by atoms with Gasteiger partial charge in [0.25, 0.3) is 5.91 Å². The standard InChI is InChI=1S/C13H15ClINO/c1-9-4-2-6-11(12(9)15)13(17)16-7-3-5-10(14)8-16/h2,4,6,10H,3,5,7-8H2,1H3. The van der Waals surface area contributed by atoms with Crippen LogP contribution in [0.2, 0.25) is 0 Å². The minimum Gasteiger partial charge on any atom is -0.337 e. The summed E-state index contributed by atoms with van der Waals surface area (Å²) in [5, 5.41) is 0.107. The predicted molar refractivity (Wildman–Crippen MR) is 78.7 cm³/mol. The fraction of sp³-hybridized carbons (Fsp3) is 0.462. The van der Waals surface area contributed by atoms with E-state index in [2.05, 4.69) is 22.6 Å². The first-order valence-electron chi connectivity index (χ1n) is 5.78. The number of likely N-dealkylation sites (tertiary alicyclic amines) is 1. The van der Waals surface area contributed by atoms with Gasteiger partial charge in [-0.1, -0.05) is 12.1 Å². The molecule has 1 aromatic carbocycles. The van der Waals surface area contributed by atoms with Crippen LogP contribution in [0.3, 0.4) is 0 Å². The Labute approximate surface area is 120 Å². The van der Waals surface area contributed by atoms with E-state index in [1.807, 2.05) is 30.0 Å². The number of alkyl halides is 1. The highest BCUT2D eigenvalue weighted by atomic mass is 127. The topological polar surface area (TPSA) is 20.3 Å². The third-order valence-corrected chi connectivity index (χ3v) is 4.86. The molecule has 1 amide bonds. The van der Waals surface area contributed by atoms with Crippen LogP contribution in [0, 0.1) is 10.5 Å². The predicted octanol–water partition coefficient (Wildman–Crippen LogP) is 3.44. The number of carbonyl (C=O) groups is 1. The monoisotopic (exact) mass is 363 g/mol. The van der Waals surface area contributed by atoms with Crippen LogP contribution >= 0.6 is 34.2 Å². The Morgan fingerprint density at radius 1 is 1.53 bits per heavy atom. The molecular weight excluding hydrogens is 349 g/mol. The molecule has 2 rings (SSSR count). The van der Waals surface area contributed by atoms with Crippen molar-refractivity contribution in [1.82, 2.24) is 4.90 Å². The number of halogens is 2. The summed E-state index contributed by atoms with van der Waals surface area (Å²) in [6.45, 7) is 3.52. The zero-order chi connectivity index (χ0) is 12.4. The third-order valence-electron chi connectivity index (χ3n) is 3.07. The lowest BCUT2D eigenvalue weighted by molar-refractivity contribution is 0.0726. The van der Waals surface area contributed by atoms with Crippen molar-refractivity contribution in [2.75, 3.05) is 13.1 Å². The number of amides is 1. The molecule has 0 N–H and O–H groups in total.